The summed E-state index contributed by atoms with van der Waals surface area (Å²) in [6.07, 6.45) is 0.0721. The Morgan fingerprint density at radius 3 is 2.21 bits per heavy atom. The number of ether oxygens (including phenoxy) is 3. The zero-order chi connectivity index (χ0) is 19.1. The summed E-state index contributed by atoms with van der Waals surface area (Å²) < 4.78 is 18.4. The second kappa shape index (κ2) is 6.75. The van der Waals surface area contributed by atoms with Crippen LogP contribution in [0.15, 0.2) is 66.7 Å². The van der Waals surface area contributed by atoms with Gasteiger partial charge in [-0.15, -0.1) is 0 Å². The molecule has 0 saturated heterocycles. The van der Waals surface area contributed by atoms with E-state index in [4.69, 9.17) is 14.2 Å². The normalized spacial score (nSPS) is 13.2. The van der Waals surface area contributed by atoms with Crippen molar-refractivity contribution in [1.82, 2.24) is 0 Å². The maximum Gasteiger partial charge on any atom is 0.169 e. The highest BCUT2D eigenvalue weighted by Crippen LogP contribution is 2.50. The lowest BCUT2D eigenvalue weighted by Crippen LogP contribution is -2.16. The molecule has 3 heteroatoms. The third-order valence-corrected chi connectivity index (χ3v) is 5.06. The highest BCUT2D eigenvalue weighted by Gasteiger charge is 2.24. The Hall–Kier alpha value is -3.20. The van der Waals surface area contributed by atoms with Gasteiger partial charge in [-0.2, -0.15) is 0 Å². The smallest absolute Gasteiger partial charge is 0.169 e. The van der Waals surface area contributed by atoms with Crippen molar-refractivity contribution < 1.29 is 14.2 Å². The molecule has 0 unspecified atom stereocenters. The Morgan fingerprint density at radius 2 is 1.43 bits per heavy atom. The molecule has 4 aromatic carbocycles. The van der Waals surface area contributed by atoms with Crippen LogP contribution in [0.4, 0.5) is 0 Å². The van der Waals surface area contributed by atoms with Gasteiger partial charge in [0.2, 0.25) is 0 Å². The predicted octanol–water partition coefficient (Wildman–Crippen LogP) is 6.22. The third kappa shape index (κ3) is 2.75. The van der Waals surface area contributed by atoms with Crippen LogP contribution in [-0.4, -0.2) is 19.3 Å². The lowest BCUT2D eigenvalue weighted by atomic mass is 9.91. The number of hydrogen-bond acceptors (Lipinski definition) is 3. The zero-order valence-electron chi connectivity index (χ0n) is 16.1. The summed E-state index contributed by atoms with van der Waals surface area (Å²) >= 11 is 0. The van der Waals surface area contributed by atoms with Gasteiger partial charge >= 0.3 is 0 Å². The maximum atomic E-state index is 6.25. The second-order valence-corrected chi connectivity index (χ2v) is 7.32. The summed E-state index contributed by atoms with van der Waals surface area (Å²) in [5.74, 6) is 2.46. The van der Waals surface area contributed by atoms with Crippen LogP contribution in [0.2, 0.25) is 0 Å². The molecule has 0 amide bonds. The summed E-state index contributed by atoms with van der Waals surface area (Å²) in [6.45, 7) is 5.22. The predicted molar refractivity (Wildman–Crippen MR) is 114 cm³/mol. The van der Waals surface area contributed by atoms with Gasteiger partial charge in [0, 0.05) is 11.1 Å². The Bertz CT molecular complexity index is 1180. The van der Waals surface area contributed by atoms with E-state index in [-0.39, 0.29) is 6.10 Å². The first-order valence-electron chi connectivity index (χ1n) is 9.72. The van der Waals surface area contributed by atoms with Gasteiger partial charge in [-0.3, -0.25) is 0 Å². The lowest BCUT2D eigenvalue weighted by Gasteiger charge is -2.25. The molecule has 0 atom stereocenters. The SMILES string of the molecule is CC(C)Oc1ccc2ccccc2c1-c1c2c(cc3ccccc13)OCCO2. The monoisotopic (exact) mass is 370 g/mol. The molecule has 5 rings (SSSR count). The van der Waals surface area contributed by atoms with E-state index in [0.717, 1.165) is 44.5 Å². The molecule has 0 radical (unpaired) electrons. The van der Waals surface area contributed by atoms with Gasteiger partial charge in [0.05, 0.1) is 6.10 Å². The molecule has 0 aliphatic carbocycles. The molecule has 0 fully saturated rings. The molecule has 0 aromatic heterocycles. The van der Waals surface area contributed by atoms with E-state index in [2.05, 4.69) is 80.6 Å². The highest BCUT2D eigenvalue weighted by molar-refractivity contribution is 6.10. The quantitative estimate of drug-likeness (QED) is 0.428. The Labute approximate surface area is 164 Å². The van der Waals surface area contributed by atoms with Crippen LogP contribution in [0, 0.1) is 0 Å². The van der Waals surface area contributed by atoms with Crippen molar-refractivity contribution >= 4 is 21.5 Å². The molecule has 3 nitrogen and oxygen atoms in total. The molecule has 28 heavy (non-hydrogen) atoms. The molecule has 140 valence electrons. The molecular weight excluding hydrogens is 348 g/mol. The van der Waals surface area contributed by atoms with Gasteiger partial charge < -0.3 is 14.2 Å². The van der Waals surface area contributed by atoms with Crippen LogP contribution in [0.25, 0.3) is 32.7 Å². The van der Waals surface area contributed by atoms with E-state index in [1.807, 2.05) is 0 Å². The topological polar surface area (TPSA) is 27.7 Å². The molecular formula is C25H22O3. The second-order valence-electron chi connectivity index (χ2n) is 7.32. The van der Waals surface area contributed by atoms with Crippen molar-refractivity contribution in [3.8, 4) is 28.4 Å². The largest absolute Gasteiger partial charge is 0.490 e. The summed E-state index contributed by atoms with van der Waals surface area (Å²) in [5.41, 5.74) is 2.10. The van der Waals surface area contributed by atoms with Crippen LogP contribution in [0.5, 0.6) is 17.2 Å². The molecule has 4 aromatic rings. The standard InChI is InChI=1S/C25H22O3/c1-16(2)28-21-12-11-17-7-3-5-9-19(17)23(21)24-20-10-6-4-8-18(20)15-22-25(24)27-14-13-26-22/h3-12,15-16H,13-14H2,1-2H3. The Balaban J connectivity index is 1.94. The third-order valence-electron chi connectivity index (χ3n) is 5.06. The van der Waals surface area contributed by atoms with Crippen LogP contribution in [0.1, 0.15) is 13.8 Å². The number of rotatable bonds is 3. The molecule has 1 heterocycles. The lowest BCUT2D eigenvalue weighted by molar-refractivity contribution is 0.173. The van der Waals surface area contributed by atoms with Gasteiger partial charge in [-0.25, -0.2) is 0 Å². The minimum atomic E-state index is 0.0721. The van der Waals surface area contributed by atoms with Crippen LogP contribution in [0.3, 0.4) is 0 Å². The van der Waals surface area contributed by atoms with Gasteiger partial charge in [0.1, 0.15) is 19.0 Å². The molecule has 0 spiro atoms. The van der Waals surface area contributed by atoms with E-state index in [9.17, 15) is 0 Å². The average Bonchev–Trinajstić information content (AvgIpc) is 2.72. The van der Waals surface area contributed by atoms with E-state index < -0.39 is 0 Å². The van der Waals surface area contributed by atoms with Gasteiger partial charge in [-0.05, 0) is 47.5 Å². The molecule has 0 saturated carbocycles. The molecule has 0 N–H and O–H groups in total. The molecule has 1 aliphatic heterocycles. The van der Waals surface area contributed by atoms with E-state index in [0.29, 0.717) is 13.2 Å². The van der Waals surface area contributed by atoms with Crippen molar-refractivity contribution in [3.05, 3.63) is 66.7 Å². The first-order valence-corrected chi connectivity index (χ1v) is 9.72. The summed E-state index contributed by atoms with van der Waals surface area (Å²) in [6, 6.07) is 23.0. The van der Waals surface area contributed by atoms with Gasteiger partial charge in [0.25, 0.3) is 0 Å². The van der Waals surface area contributed by atoms with Gasteiger partial charge in [0.15, 0.2) is 11.5 Å². The van der Waals surface area contributed by atoms with Crippen LogP contribution < -0.4 is 14.2 Å². The Morgan fingerprint density at radius 1 is 0.750 bits per heavy atom. The number of hydrogen-bond donors (Lipinski definition) is 0. The summed E-state index contributed by atoms with van der Waals surface area (Å²) in [4.78, 5) is 0. The van der Waals surface area contributed by atoms with E-state index >= 15 is 0 Å². The summed E-state index contributed by atoms with van der Waals surface area (Å²) in [5, 5.41) is 4.59. The van der Waals surface area contributed by atoms with Gasteiger partial charge in [-0.1, -0.05) is 54.6 Å². The fourth-order valence-corrected chi connectivity index (χ4v) is 3.96. The highest BCUT2D eigenvalue weighted by atomic mass is 16.6. The van der Waals surface area contributed by atoms with Crippen molar-refractivity contribution in [3.63, 3.8) is 0 Å². The first kappa shape index (κ1) is 16.9. The number of fused-ring (bicyclic) bond motifs is 3. The van der Waals surface area contributed by atoms with Crippen LogP contribution in [-0.2, 0) is 0 Å². The van der Waals surface area contributed by atoms with Crippen molar-refractivity contribution in [2.75, 3.05) is 13.2 Å². The van der Waals surface area contributed by atoms with Crippen LogP contribution >= 0.6 is 0 Å². The summed E-state index contributed by atoms with van der Waals surface area (Å²) in [7, 11) is 0. The maximum absolute atomic E-state index is 6.25. The van der Waals surface area contributed by atoms with Crippen molar-refractivity contribution in [1.29, 1.82) is 0 Å². The van der Waals surface area contributed by atoms with Crippen molar-refractivity contribution in [2.24, 2.45) is 0 Å². The fraction of sp³-hybridized carbons (Fsp3) is 0.200. The average molecular weight is 370 g/mol. The molecule has 0 bridgehead atoms. The first-order chi connectivity index (χ1) is 13.7. The minimum absolute atomic E-state index is 0.0721. The van der Waals surface area contributed by atoms with E-state index in [1.165, 1.54) is 5.39 Å². The van der Waals surface area contributed by atoms with Crippen molar-refractivity contribution in [2.45, 2.75) is 20.0 Å². The minimum Gasteiger partial charge on any atom is -0.490 e. The van der Waals surface area contributed by atoms with E-state index in [1.54, 1.807) is 0 Å². The number of benzene rings is 4. The Kier molecular flexibility index (Phi) is 4.09. The zero-order valence-corrected chi connectivity index (χ0v) is 16.1. The fourth-order valence-electron chi connectivity index (χ4n) is 3.96. The molecule has 1 aliphatic rings.